The molecule has 6 nitrogen and oxygen atoms in total. The standard InChI is InChI=1S/C19H27F3N4O2/c1-23-18(26-7-6-16(13-26)25-8-10-27-11-9-25)24-12-15-2-4-17(5-3-15)28-14-19(20,21)22/h2-5,16H,6-14H2,1H3,(H,23,24). The molecule has 1 atom stereocenters. The van der Waals surface area contributed by atoms with Crippen molar-refractivity contribution in [1.29, 1.82) is 0 Å². The highest BCUT2D eigenvalue weighted by molar-refractivity contribution is 5.80. The summed E-state index contributed by atoms with van der Waals surface area (Å²) >= 11 is 0. The maximum absolute atomic E-state index is 12.2. The number of guanidine groups is 1. The molecule has 2 aliphatic heterocycles. The topological polar surface area (TPSA) is 49.3 Å². The minimum Gasteiger partial charge on any atom is -0.484 e. The maximum Gasteiger partial charge on any atom is 0.422 e. The molecule has 1 aromatic carbocycles. The second-order valence-electron chi connectivity index (χ2n) is 6.99. The maximum atomic E-state index is 12.2. The van der Waals surface area contributed by atoms with E-state index in [9.17, 15) is 13.2 Å². The molecular weight excluding hydrogens is 373 g/mol. The van der Waals surface area contributed by atoms with Gasteiger partial charge in [0.2, 0.25) is 0 Å². The third-order valence-electron chi connectivity index (χ3n) is 5.01. The molecule has 2 aliphatic rings. The van der Waals surface area contributed by atoms with E-state index >= 15 is 0 Å². The monoisotopic (exact) mass is 400 g/mol. The number of aliphatic imine (C=N–C) groups is 1. The number of likely N-dealkylation sites (tertiary alicyclic amines) is 1. The first-order valence-electron chi connectivity index (χ1n) is 9.50. The van der Waals surface area contributed by atoms with Gasteiger partial charge in [0.1, 0.15) is 5.75 Å². The third-order valence-corrected chi connectivity index (χ3v) is 5.01. The number of hydrogen-bond donors (Lipinski definition) is 1. The van der Waals surface area contributed by atoms with Crippen LogP contribution in [0.4, 0.5) is 13.2 Å². The van der Waals surface area contributed by atoms with Crippen LogP contribution >= 0.6 is 0 Å². The lowest BCUT2D eigenvalue weighted by Gasteiger charge is -2.32. The highest BCUT2D eigenvalue weighted by atomic mass is 19.4. The van der Waals surface area contributed by atoms with Crippen molar-refractivity contribution in [3.05, 3.63) is 29.8 Å². The van der Waals surface area contributed by atoms with E-state index in [4.69, 9.17) is 9.47 Å². The molecule has 28 heavy (non-hydrogen) atoms. The molecule has 1 unspecified atom stereocenters. The van der Waals surface area contributed by atoms with E-state index in [1.807, 2.05) is 0 Å². The Morgan fingerprint density at radius 3 is 2.57 bits per heavy atom. The van der Waals surface area contributed by atoms with Crippen molar-refractivity contribution in [2.45, 2.75) is 25.2 Å². The summed E-state index contributed by atoms with van der Waals surface area (Å²) in [6, 6.07) is 7.14. The summed E-state index contributed by atoms with van der Waals surface area (Å²) < 4.78 is 46.8. The van der Waals surface area contributed by atoms with Crippen LogP contribution < -0.4 is 10.1 Å². The van der Waals surface area contributed by atoms with Crippen LogP contribution in [0.1, 0.15) is 12.0 Å². The Kier molecular flexibility index (Phi) is 7.01. The van der Waals surface area contributed by atoms with Crippen LogP contribution in [-0.4, -0.2) is 81.0 Å². The zero-order valence-corrected chi connectivity index (χ0v) is 16.0. The molecule has 2 heterocycles. The number of nitrogens with zero attached hydrogens (tertiary/aromatic N) is 3. The van der Waals surface area contributed by atoms with Crippen LogP contribution in [0.25, 0.3) is 0 Å². The van der Waals surface area contributed by atoms with Gasteiger partial charge < -0.3 is 19.7 Å². The number of alkyl halides is 3. The van der Waals surface area contributed by atoms with E-state index in [0.29, 0.717) is 12.6 Å². The summed E-state index contributed by atoms with van der Waals surface area (Å²) in [4.78, 5) is 9.11. The van der Waals surface area contributed by atoms with Gasteiger partial charge in [-0.05, 0) is 24.1 Å². The predicted molar refractivity (Wildman–Crippen MR) is 101 cm³/mol. The summed E-state index contributed by atoms with van der Waals surface area (Å²) in [5.41, 5.74) is 0.949. The van der Waals surface area contributed by atoms with E-state index < -0.39 is 12.8 Å². The lowest BCUT2D eigenvalue weighted by Crippen LogP contribution is -2.46. The molecule has 0 aliphatic carbocycles. The molecule has 0 amide bonds. The highest BCUT2D eigenvalue weighted by Gasteiger charge is 2.30. The van der Waals surface area contributed by atoms with Crippen LogP contribution in [0.15, 0.2) is 29.3 Å². The SMILES string of the molecule is CN=C(NCc1ccc(OCC(F)(F)F)cc1)N1CCC(N2CCOCC2)C1. The summed E-state index contributed by atoms with van der Waals surface area (Å²) in [6.45, 7) is 4.70. The van der Waals surface area contributed by atoms with Crippen molar-refractivity contribution in [1.82, 2.24) is 15.1 Å². The van der Waals surface area contributed by atoms with Crippen molar-refractivity contribution in [2.75, 3.05) is 53.0 Å². The second-order valence-corrected chi connectivity index (χ2v) is 6.99. The molecule has 0 radical (unpaired) electrons. The van der Waals surface area contributed by atoms with Gasteiger partial charge >= 0.3 is 6.18 Å². The molecular formula is C19H27F3N4O2. The van der Waals surface area contributed by atoms with Gasteiger partial charge in [0.15, 0.2) is 12.6 Å². The fraction of sp³-hybridized carbons (Fsp3) is 0.632. The van der Waals surface area contributed by atoms with Gasteiger partial charge in [-0.25, -0.2) is 0 Å². The van der Waals surface area contributed by atoms with E-state index in [1.165, 1.54) is 0 Å². The molecule has 3 rings (SSSR count). The van der Waals surface area contributed by atoms with Gasteiger partial charge in [-0.15, -0.1) is 0 Å². The van der Waals surface area contributed by atoms with Crippen LogP contribution in [0.5, 0.6) is 5.75 Å². The van der Waals surface area contributed by atoms with Gasteiger partial charge in [-0.2, -0.15) is 13.2 Å². The normalized spacial score (nSPS) is 21.8. The summed E-state index contributed by atoms with van der Waals surface area (Å²) in [7, 11) is 1.76. The van der Waals surface area contributed by atoms with Gasteiger partial charge in [0.25, 0.3) is 0 Å². The highest BCUT2D eigenvalue weighted by Crippen LogP contribution is 2.19. The lowest BCUT2D eigenvalue weighted by atomic mass is 10.2. The fourth-order valence-electron chi connectivity index (χ4n) is 3.56. The molecule has 156 valence electrons. The number of benzene rings is 1. The first kappa shape index (κ1) is 20.7. The zero-order chi connectivity index (χ0) is 20.0. The number of hydrogen-bond acceptors (Lipinski definition) is 4. The lowest BCUT2D eigenvalue weighted by molar-refractivity contribution is -0.153. The second kappa shape index (κ2) is 9.47. The first-order chi connectivity index (χ1) is 13.4. The number of ether oxygens (including phenoxy) is 2. The Balaban J connectivity index is 1.46. The van der Waals surface area contributed by atoms with Crippen molar-refractivity contribution < 1.29 is 22.6 Å². The molecule has 9 heteroatoms. The average molecular weight is 400 g/mol. The molecule has 0 saturated carbocycles. The fourth-order valence-corrected chi connectivity index (χ4v) is 3.56. The first-order valence-corrected chi connectivity index (χ1v) is 9.50. The van der Waals surface area contributed by atoms with Gasteiger partial charge in [0.05, 0.1) is 13.2 Å². The van der Waals surface area contributed by atoms with Crippen LogP contribution in [-0.2, 0) is 11.3 Å². The number of halogens is 3. The van der Waals surface area contributed by atoms with Crippen LogP contribution in [0, 0.1) is 0 Å². The summed E-state index contributed by atoms with van der Waals surface area (Å²) in [5, 5.41) is 3.34. The number of nitrogens with one attached hydrogen (secondary N) is 1. The minimum absolute atomic E-state index is 0.207. The minimum atomic E-state index is -4.33. The third kappa shape index (κ3) is 6.00. The molecule has 1 aromatic rings. The zero-order valence-electron chi connectivity index (χ0n) is 16.0. The molecule has 0 bridgehead atoms. The number of morpholine rings is 1. The van der Waals surface area contributed by atoms with E-state index in [0.717, 1.165) is 57.3 Å². The Bertz CT molecular complexity index is 646. The summed E-state index contributed by atoms with van der Waals surface area (Å²) in [5.74, 6) is 1.05. The van der Waals surface area contributed by atoms with Gasteiger partial charge in [-0.1, -0.05) is 12.1 Å². The average Bonchev–Trinajstić information content (AvgIpc) is 3.18. The van der Waals surface area contributed by atoms with E-state index in [1.54, 1.807) is 31.3 Å². The molecule has 2 fully saturated rings. The van der Waals surface area contributed by atoms with Gasteiger partial charge in [0, 0.05) is 45.8 Å². The van der Waals surface area contributed by atoms with Gasteiger partial charge in [-0.3, -0.25) is 9.89 Å². The van der Waals surface area contributed by atoms with Crippen LogP contribution in [0.3, 0.4) is 0 Å². The Labute approximate surface area is 163 Å². The van der Waals surface area contributed by atoms with Crippen molar-refractivity contribution in [3.63, 3.8) is 0 Å². The largest absolute Gasteiger partial charge is 0.484 e. The van der Waals surface area contributed by atoms with Crippen molar-refractivity contribution in [3.8, 4) is 5.75 Å². The molecule has 0 spiro atoms. The van der Waals surface area contributed by atoms with Crippen LogP contribution in [0.2, 0.25) is 0 Å². The Morgan fingerprint density at radius 2 is 1.93 bits per heavy atom. The quantitative estimate of drug-likeness (QED) is 0.606. The number of rotatable bonds is 5. The van der Waals surface area contributed by atoms with E-state index in [2.05, 4.69) is 20.1 Å². The molecule has 2 saturated heterocycles. The summed E-state index contributed by atoms with van der Waals surface area (Å²) in [6.07, 6.45) is -3.23. The van der Waals surface area contributed by atoms with Crippen molar-refractivity contribution in [2.24, 2.45) is 4.99 Å². The Morgan fingerprint density at radius 1 is 1.21 bits per heavy atom. The Hall–Kier alpha value is -2.00. The van der Waals surface area contributed by atoms with Crippen molar-refractivity contribution >= 4 is 5.96 Å². The molecule has 0 aromatic heterocycles. The van der Waals surface area contributed by atoms with E-state index in [-0.39, 0.29) is 5.75 Å². The smallest absolute Gasteiger partial charge is 0.422 e. The predicted octanol–water partition coefficient (Wildman–Crippen LogP) is 2.11. The molecule has 1 N–H and O–H groups in total.